The fourth-order valence-corrected chi connectivity index (χ4v) is 1.70. The molecule has 3 amide bonds. The number of rotatable bonds is 6. The average molecular weight is 287 g/mol. The molecule has 0 fully saturated rings. The predicted molar refractivity (Wildman–Crippen MR) is 75.0 cm³/mol. The maximum absolute atomic E-state index is 12.2. The van der Waals surface area contributed by atoms with Crippen LogP contribution >= 0.6 is 0 Å². The molecule has 0 aliphatic rings. The molecule has 0 aromatic rings. The van der Waals surface area contributed by atoms with Gasteiger partial charge in [0.15, 0.2) is 0 Å². The minimum atomic E-state index is -0.991. The molecule has 2 unspecified atom stereocenters. The molecule has 5 N–H and O–H groups in total. The molecule has 0 aliphatic carbocycles. The molecular formula is C13H25N3O4. The number of hydrogen-bond donors (Lipinski definition) is 4. The fourth-order valence-electron chi connectivity index (χ4n) is 1.70. The van der Waals surface area contributed by atoms with Gasteiger partial charge in [-0.3, -0.25) is 9.59 Å². The van der Waals surface area contributed by atoms with Crippen molar-refractivity contribution in [3.05, 3.63) is 0 Å². The SMILES string of the molecule is CC(C)C(NC(N)=O)C(=O)NC(CC(=O)O)C(C)(C)C. The maximum atomic E-state index is 12.2. The fraction of sp³-hybridized carbons (Fsp3) is 0.769. The monoisotopic (exact) mass is 287 g/mol. The third-order valence-corrected chi connectivity index (χ3v) is 2.99. The minimum Gasteiger partial charge on any atom is -0.481 e. The normalized spacial score (nSPS) is 14.5. The van der Waals surface area contributed by atoms with Crippen molar-refractivity contribution in [1.82, 2.24) is 10.6 Å². The van der Waals surface area contributed by atoms with E-state index in [2.05, 4.69) is 10.6 Å². The Bertz CT molecular complexity index is 374. The van der Waals surface area contributed by atoms with Crippen LogP contribution in [0.4, 0.5) is 4.79 Å². The first-order chi connectivity index (χ1) is 8.95. The summed E-state index contributed by atoms with van der Waals surface area (Å²) in [6, 6.07) is -2.11. The van der Waals surface area contributed by atoms with E-state index in [0.29, 0.717) is 0 Å². The van der Waals surface area contributed by atoms with Crippen LogP contribution in [0.15, 0.2) is 0 Å². The second-order valence-electron chi connectivity index (χ2n) is 6.26. The van der Waals surface area contributed by atoms with Gasteiger partial charge < -0.3 is 21.5 Å². The second kappa shape index (κ2) is 7.12. The molecule has 116 valence electrons. The van der Waals surface area contributed by atoms with Gasteiger partial charge in [0.2, 0.25) is 5.91 Å². The van der Waals surface area contributed by atoms with Crippen molar-refractivity contribution in [2.75, 3.05) is 0 Å². The third-order valence-electron chi connectivity index (χ3n) is 2.99. The van der Waals surface area contributed by atoms with Crippen LogP contribution in [-0.4, -0.2) is 35.1 Å². The Balaban J connectivity index is 4.96. The van der Waals surface area contributed by atoms with Crippen molar-refractivity contribution in [3.63, 3.8) is 0 Å². The number of carbonyl (C=O) groups is 3. The van der Waals surface area contributed by atoms with E-state index < -0.39 is 35.4 Å². The van der Waals surface area contributed by atoms with Crippen LogP contribution in [0.2, 0.25) is 0 Å². The summed E-state index contributed by atoms with van der Waals surface area (Å²) >= 11 is 0. The summed E-state index contributed by atoms with van der Waals surface area (Å²) in [6.07, 6.45) is -0.184. The Morgan fingerprint density at radius 3 is 1.95 bits per heavy atom. The van der Waals surface area contributed by atoms with Crippen molar-refractivity contribution < 1.29 is 19.5 Å². The summed E-state index contributed by atoms with van der Waals surface area (Å²) < 4.78 is 0. The van der Waals surface area contributed by atoms with Gasteiger partial charge in [-0.05, 0) is 11.3 Å². The number of urea groups is 1. The number of carbonyl (C=O) groups excluding carboxylic acids is 2. The van der Waals surface area contributed by atoms with E-state index in [-0.39, 0.29) is 12.3 Å². The van der Waals surface area contributed by atoms with Crippen LogP contribution in [0.5, 0.6) is 0 Å². The number of hydrogen-bond acceptors (Lipinski definition) is 3. The smallest absolute Gasteiger partial charge is 0.312 e. The van der Waals surface area contributed by atoms with Gasteiger partial charge in [0.05, 0.1) is 6.42 Å². The molecule has 0 saturated carbocycles. The van der Waals surface area contributed by atoms with Crippen LogP contribution in [0, 0.1) is 11.3 Å². The van der Waals surface area contributed by atoms with Crippen LogP contribution in [0.3, 0.4) is 0 Å². The molecule has 0 heterocycles. The summed E-state index contributed by atoms with van der Waals surface area (Å²) in [5.41, 5.74) is 4.63. The van der Waals surface area contributed by atoms with E-state index >= 15 is 0 Å². The van der Waals surface area contributed by atoms with Crippen molar-refractivity contribution in [2.45, 2.75) is 53.1 Å². The molecular weight excluding hydrogens is 262 g/mol. The summed E-state index contributed by atoms with van der Waals surface area (Å²) in [5.74, 6) is -1.58. The van der Waals surface area contributed by atoms with E-state index in [0.717, 1.165) is 0 Å². The van der Waals surface area contributed by atoms with Gasteiger partial charge in [0, 0.05) is 6.04 Å². The van der Waals surface area contributed by atoms with Crippen molar-refractivity contribution in [2.24, 2.45) is 17.1 Å². The van der Waals surface area contributed by atoms with Gasteiger partial charge in [-0.2, -0.15) is 0 Å². The number of primary amides is 1. The summed E-state index contributed by atoms with van der Waals surface area (Å²) in [6.45, 7) is 9.05. The predicted octanol–water partition coefficient (Wildman–Crippen LogP) is 0.685. The molecule has 0 aromatic heterocycles. The number of aliphatic carboxylic acids is 1. The largest absolute Gasteiger partial charge is 0.481 e. The number of carboxylic acids is 1. The molecule has 0 rings (SSSR count). The Hall–Kier alpha value is -1.79. The van der Waals surface area contributed by atoms with Crippen molar-refractivity contribution in [1.29, 1.82) is 0 Å². The number of nitrogens with one attached hydrogen (secondary N) is 2. The lowest BCUT2D eigenvalue weighted by Gasteiger charge is -2.32. The van der Waals surface area contributed by atoms with Crippen LogP contribution < -0.4 is 16.4 Å². The first kappa shape index (κ1) is 18.2. The van der Waals surface area contributed by atoms with Gasteiger partial charge in [-0.15, -0.1) is 0 Å². The molecule has 0 aliphatic heterocycles. The second-order valence-corrected chi connectivity index (χ2v) is 6.26. The maximum Gasteiger partial charge on any atom is 0.312 e. The molecule has 7 heteroatoms. The molecule has 0 saturated heterocycles. The Morgan fingerprint density at radius 2 is 1.65 bits per heavy atom. The number of amides is 3. The van der Waals surface area contributed by atoms with Gasteiger partial charge in [0.25, 0.3) is 0 Å². The van der Waals surface area contributed by atoms with Gasteiger partial charge in [-0.1, -0.05) is 34.6 Å². The van der Waals surface area contributed by atoms with Gasteiger partial charge in [0.1, 0.15) is 6.04 Å². The zero-order valence-corrected chi connectivity index (χ0v) is 12.7. The molecule has 0 bridgehead atoms. The zero-order valence-electron chi connectivity index (χ0n) is 12.7. The highest BCUT2D eigenvalue weighted by atomic mass is 16.4. The molecule has 0 aromatic carbocycles. The van der Waals surface area contributed by atoms with Crippen LogP contribution in [-0.2, 0) is 9.59 Å². The standard InChI is InChI=1S/C13H25N3O4/c1-7(2)10(16-12(14)20)11(19)15-8(6-9(17)18)13(3,4)5/h7-8,10H,6H2,1-5H3,(H,15,19)(H,17,18)(H3,14,16,20). The molecule has 0 spiro atoms. The van der Waals surface area contributed by atoms with Crippen molar-refractivity contribution >= 4 is 17.9 Å². The quantitative estimate of drug-likeness (QED) is 0.574. The highest BCUT2D eigenvalue weighted by Crippen LogP contribution is 2.22. The van der Waals surface area contributed by atoms with E-state index in [1.165, 1.54) is 0 Å². The Kier molecular flexibility index (Phi) is 6.48. The first-order valence-electron chi connectivity index (χ1n) is 6.53. The molecule has 20 heavy (non-hydrogen) atoms. The minimum absolute atomic E-state index is 0.159. The van der Waals surface area contributed by atoms with Crippen LogP contribution in [0.1, 0.15) is 41.0 Å². The first-order valence-corrected chi connectivity index (χ1v) is 6.53. The van der Waals surface area contributed by atoms with Gasteiger partial charge >= 0.3 is 12.0 Å². The number of nitrogens with two attached hydrogens (primary N) is 1. The highest BCUT2D eigenvalue weighted by Gasteiger charge is 2.32. The number of carboxylic acid groups (broad SMARTS) is 1. The molecule has 0 radical (unpaired) electrons. The zero-order chi connectivity index (χ0) is 16.1. The van der Waals surface area contributed by atoms with Gasteiger partial charge in [-0.25, -0.2) is 4.79 Å². The van der Waals surface area contributed by atoms with E-state index in [1.807, 2.05) is 20.8 Å². The van der Waals surface area contributed by atoms with Crippen molar-refractivity contribution in [3.8, 4) is 0 Å². The highest BCUT2D eigenvalue weighted by molar-refractivity contribution is 5.87. The Labute approximate surface area is 119 Å². The summed E-state index contributed by atoms with van der Waals surface area (Å²) in [5, 5.41) is 14.0. The summed E-state index contributed by atoms with van der Waals surface area (Å²) in [4.78, 5) is 34.0. The average Bonchev–Trinajstić information content (AvgIpc) is 2.22. The molecule has 7 nitrogen and oxygen atoms in total. The lowest BCUT2D eigenvalue weighted by Crippen LogP contribution is -2.55. The lowest BCUT2D eigenvalue weighted by atomic mass is 9.84. The lowest BCUT2D eigenvalue weighted by molar-refractivity contribution is -0.138. The van der Waals surface area contributed by atoms with E-state index in [4.69, 9.17) is 10.8 Å². The van der Waals surface area contributed by atoms with E-state index in [1.54, 1.807) is 13.8 Å². The Morgan fingerprint density at radius 1 is 1.15 bits per heavy atom. The van der Waals surface area contributed by atoms with E-state index in [9.17, 15) is 14.4 Å². The molecule has 2 atom stereocenters. The third kappa shape index (κ3) is 6.40. The summed E-state index contributed by atoms with van der Waals surface area (Å²) in [7, 11) is 0. The topological polar surface area (TPSA) is 122 Å². The van der Waals surface area contributed by atoms with Crippen LogP contribution in [0.25, 0.3) is 0 Å².